The summed E-state index contributed by atoms with van der Waals surface area (Å²) in [7, 11) is 3.13. The van der Waals surface area contributed by atoms with E-state index in [0.717, 1.165) is 27.5 Å². The Bertz CT molecular complexity index is 2360. The second-order valence-corrected chi connectivity index (χ2v) is 13.2. The molecule has 6 rings (SSSR count). The normalized spacial score (nSPS) is 10.8. The maximum Gasteiger partial charge on any atom is 1.00 e. The van der Waals surface area contributed by atoms with Crippen molar-refractivity contribution in [3.63, 3.8) is 0 Å². The van der Waals surface area contributed by atoms with Crippen LogP contribution in [0.5, 0.6) is 23.0 Å². The average Bonchev–Trinajstić information content (AvgIpc) is 3.88. The quantitative estimate of drug-likeness (QED) is 0.0350. The topological polar surface area (TPSA) is 142 Å². The van der Waals surface area contributed by atoms with Gasteiger partial charge in [-0.1, -0.05) is 53.0 Å². The van der Waals surface area contributed by atoms with Gasteiger partial charge in [0.15, 0.2) is 22.7 Å². The third kappa shape index (κ3) is 12.2. The largest absolute Gasteiger partial charge is 1.00 e. The number of amides is 2. The SMILES string of the molecule is CC(C)=CCOc1c(OCc2ccc(Cl)cc2)c(/C=C/C(=O)NO)cc2ccoc12.CNC(=O)/C=C/c1cc2ccoc2c(OC)c1OCc1ccc(Cl)cc1.[Li+]. The van der Waals surface area contributed by atoms with E-state index in [4.69, 9.17) is 56.2 Å². The monoisotopic (exact) mass is 805 g/mol. The van der Waals surface area contributed by atoms with E-state index in [9.17, 15) is 9.59 Å². The van der Waals surface area contributed by atoms with Crippen LogP contribution in [0.1, 0.15) is 36.1 Å². The molecule has 0 fully saturated rings. The number of furan rings is 2. The van der Waals surface area contributed by atoms with E-state index in [1.54, 1.807) is 74.6 Å². The zero-order chi connectivity index (χ0) is 40.0. The van der Waals surface area contributed by atoms with Gasteiger partial charge in [0.25, 0.3) is 5.91 Å². The molecule has 0 saturated carbocycles. The zero-order valence-electron chi connectivity index (χ0n) is 32.1. The molecule has 0 atom stereocenters. The van der Waals surface area contributed by atoms with Gasteiger partial charge in [-0.15, -0.1) is 0 Å². The summed E-state index contributed by atoms with van der Waals surface area (Å²) in [5.41, 5.74) is 7.02. The van der Waals surface area contributed by atoms with E-state index in [1.165, 1.54) is 12.2 Å². The molecule has 11 nitrogen and oxygen atoms in total. The van der Waals surface area contributed by atoms with Crippen LogP contribution in [0.2, 0.25) is 10.0 Å². The summed E-state index contributed by atoms with van der Waals surface area (Å²) in [4.78, 5) is 23.1. The number of ether oxygens (including phenoxy) is 4. The summed E-state index contributed by atoms with van der Waals surface area (Å²) in [6.07, 6.45) is 11.0. The van der Waals surface area contributed by atoms with Gasteiger partial charge in [0, 0.05) is 51.1 Å². The number of carbonyl (C=O) groups is 2. The fourth-order valence-electron chi connectivity index (χ4n) is 5.25. The molecule has 0 bridgehead atoms. The minimum Gasteiger partial charge on any atom is -0.490 e. The first-order chi connectivity index (χ1) is 27.1. The molecule has 2 aromatic heterocycles. The number of nitrogens with one attached hydrogen (secondary N) is 2. The molecular weight excluding hydrogens is 766 g/mol. The van der Waals surface area contributed by atoms with Crippen LogP contribution in [-0.2, 0) is 22.8 Å². The number of benzene rings is 4. The first-order valence-electron chi connectivity index (χ1n) is 17.2. The van der Waals surface area contributed by atoms with Crippen LogP contribution in [-0.4, -0.2) is 37.8 Å². The van der Waals surface area contributed by atoms with Gasteiger partial charge < -0.3 is 33.1 Å². The molecule has 0 unspecified atom stereocenters. The molecule has 0 spiro atoms. The van der Waals surface area contributed by atoms with Gasteiger partial charge >= 0.3 is 18.9 Å². The Morgan fingerprint density at radius 1 is 0.702 bits per heavy atom. The number of methoxy groups -OCH3 is 1. The van der Waals surface area contributed by atoms with E-state index >= 15 is 0 Å². The standard InChI is InChI=1S/C23H22ClNO5.C20H18ClNO4.Li/c1-15(2)9-11-29-23-21-18(10-12-28-21)13-17(5-8-20(26)25-27)22(23)30-14-16-3-6-19(24)7-4-16;1-22-17(23)8-5-14-11-15-9-10-25-18(15)20(24-2)19(14)26-12-13-3-6-16(21)7-4-13;/h3-10,12-13,27H,11,14H2,1-2H3,(H,25,26);3-11H,12H2,1-2H3,(H,22,23);/q;;+1/b2*8-5+;. The Labute approximate surface area is 351 Å². The van der Waals surface area contributed by atoms with Crippen LogP contribution < -0.4 is 48.6 Å². The predicted molar refractivity (Wildman–Crippen MR) is 218 cm³/mol. The van der Waals surface area contributed by atoms with Crippen LogP contribution in [0.3, 0.4) is 0 Å². The van der Waals surface area contributed by atoms with Crippen molar-refractivity contribution < 1.29 is 61.4 Å². The van der Waals surface area contributed by atoms with Crippen LogP contribution in [0.25, 0.3) is 34.1 Å². The minimum atomic E-state index is -0.655. The number of hydrogen-bond donors (Lipinski definition) is 3. The first kappa shape index (κ1) is 44.2. The molecule has 0 radical (unpaired) electrons. The summed E-state index contributed by atoms with van der Waals surface area (Å²) in [6.45, 7) is 4.88. The maximum atomic E-state index is 11.6. The van der Waals surface area contributed by atoms with Crippen molar-refractivity contribution in [2.75, 3.05) is 20.8 Å². The van der Waals surface area contributed by atoms with Crippen LogP contribution >= 0.6 is 23.2 Å². The van der Waals surface area contributed by atoms with Crippen LogP contribution in [0.4, 0.5) is 0 Å². The molecule has 0 aliphatic carbocycles. The number of allylic oxidation sites excluding steroid dienone is 1. The molecule has 0 aliphatic heterocycles. The molecule has 2 heterocycles. The van der Waals surface area contributed by atoms with E-state index < -0.39 is 5.91 Å². The molecule has 6 aromatic rings. The zero-order valence-corrected chi connectivity index (χ0v) is 33.6. The number of likely N-dealkylation sites (N-methyl/N-ethyl adjacent to an activating group) is 1. The Morgan fingerprint density at radius 3 is 1.63 bits per heavy atom. The molecule has 4 aromatic carbocycles. The summed E-state index contributed by atoms with van der Waals surface area (Å²) in [5.74, 6) is 0.991. The summed E-state index contributed by atoms with van der Waals surface area (Å²) in [6, 6.07) is 22.0. The van der Waals surface area contributed by atoms with Gasteiger partial charge in [-0.05, 0) is 91.7 Å². The number of rotatable bonds is 14. The van der Waals surface area contributed by atoms with Gasteiger partial charge in [-0.25, -0.2) is 5.48 Å². The smallest absolute Gasteiger partial charge is 0.490 e. The Kier molecular flexibility index (Phi) is 16.8. The molecular formula is C43H40Cl2LiN2O9+. The van der Waals surface area contributed by atoms with E-state index in [-0.39, 0.29) is 31.4 Å². The molecule has 0 saturated heterocycles. The van der Waals surface area contributed by atoms with Gasteiger partial charge in [0.2, 0.25) is 17.4 Å². The van der Waals surface area contributed by atoms with Gasteiger partial charge in [-0.3, -0.25) is 14.8 Å². The molecule has 3 N–H and O–H groups in total. The maximum absolute atomic E-state index is 11.6. The number of fused-ring (bicyclic) bond motifs is 2. The molecule has 57 heavy (non-hydrogen) atoms. The van der Waals surface area contributed by atoms with Crippen molar-refractivity contribution in [2.24, 2.45) is 0 Å². The first-order valence-corrected chi connectivity index (χ1v) is 18.0. The molecule has 290 valence electrons. The van der Waals surface area contributed by atoms with Gasteiger partial charge in [0.1, 0.15) is 19.8 Å². The summed E-state index contributed by atoms with van der Waals surface area (Å²) in [5, 5.41) is 14.3. The Balaban J connectivity index is 0.000000251. The number of halogens is 2. The second-order valence-electron chi connectivity index (χ2n) is 12.3. The van der Waals surface area contributed by atoms with Crippen molar-refractivity contribution in [2.45, 2.75) is 27.1 Å². The average molecular weight is 807 g/mol. The molecule has 14 heteroatoms. The fourth-order valence-corrected chi connectivity index (χ4v) is 5.50. The predicted octanol–water partition coefficient (Wildman–Crippen LogP) is 6.97. The van der Waals surface area contributed by atoms with Crippen molar-refractivity contribution in [3.8, 4) is 23.0 Å². The number of hydroxylamine groups is 1. The Morgan fingerprint density at radius 2 is 1.18 bits per heavy atom. The van der Waals surface area contributed by atoms with E-state index in [2.05, 4.69) is 5.32 Å². The fraction of sp³-hybridized carbons (Fsp3) is 0.163. The van der Waals surface area contributed by atoms with Crippen molar-refractivity contribution in [1.29, 1.82) is 0 Å². The third-order valence-electron chi connectivity index (χ3n) is 8.06. The van der Waals surface area contributed by atoms with E-state index in [0.29, 0.717) is 68.6 Å². The van der Waals surface area contributed by atoms with Crippen molar-refractivity contribution in [1.82, 2.24) is 10.8 Å². The second kappa shape index (κ2) is 21.7. The summed E-state index contributed by atoms with van der Waals surface area (Å²) < 4.78 is 34.8. The Hall–Kier alpha value is -5.54. The number of hydrogen-bond acceptors (Lipinski definition) is 9. The van der Waals surface area contributed by atoms with Crippen molar-refractivity contribution >= 4 is 69.1 Å². The van der Waals surface area contributed by atoms with Crippen LogP contribution in [0.15, 0.2) is 118 Å². The van der Waals surface area contributed by atoms with E-state index in [1.807, 2.05) is 62.4 Å². The molecule has 0 aliphatic rings. The van der Waals surface area contributed by atoms with Gasteiger partial charge in [-0.2, -0.15) is 0 Å². The summed E-state index contributed by atoms with van der Waals surface area (Å²) >= 11 is 11.9. The van der Waals surface area contributed by atoms with Gasteiger partial charge in [0.05, 0.1) is 19.6 Å². The third-order valence-corrected chi connectivity index (χ3v) is 8.57. The van der Waals surface area contributed by atoms with Crippen molar-refractivity contribution in [3.05, 3.63) is 141 Å². The minimum absolute atomic E-state index is 0. The number of carbonyl (C=O) groups excluding carboxylic acids is 2. The molecule has 2 amide bonds. The van der Waals surface area contributed by atoms with Crippen LogP contribution in [0, 0.1) is 0 Å².